The van der Waals surface area contributed by atoms with Gasteiger partial charge in [0.05, 0.1) is 0 Å². The average Bonchev–Trinajstić information content (AvgIpc) is 3.02. The van der Waals surface area contributed by atoms with E-state index in [4.69, 9.17) is 4.42 Å². The van der Waals surface area contributed by atoms with E-state index in [0.717, 1.165) is 32.0 Å². The molecule has 3 aromatic rings. The average molecular weight is 338 g/mol. The highest BCUT2D eigenvalue weighted by Gasteiger charge is 2.14. The van der Waals surface area contributed by atoms with Gasteiger partial charge in [-0.3, -0.25) is 4.79 Å². The van der Waals surface area contributed by atoms with E-state index >= 15 is 0 Å². The maximum absolute atomic E-state index is 12.4. The van der Waals surface area contributed by atoms with Gasteiger partial charge in [-0.05, 0) is 30.3 Å². The Kier molecular flexibility index (Phi) is 4.02. The number of amides is 1. The standard InChI is InChI=1S/C17H18N6O2/c1-11-19-14-10-12(2-4-15(14)25-11)20-17(24)13-3-5-16(22-21-13)23-8-6-18-7-9-23/h2-5,10,18H,6-9H2,1H3,(H,20,24). The van der Waals surface area contributed by atoms with Crippen LogP contribution in [0.3, 0.4) is 0 Å². The molecule has 1 saturated heterocycles. The van der Waals surface area contributed by atoms with Crippen molar-refractivity contribution in [1.82, 2.24) is 20.5 Å². The Labute approximate surface area is 144 Å². The summed E-state index contributed by atoms with van der Waals surface area (Å²) in [7, 11) is 0. The van der Waals surface area contributed by atoms with Crippen LogP contribution >= 0.6 is 0 Å². The molecule has 128 valence electrons. The van der Waals surface area contributed by atoms with E-state index in [1.807, 2.05) is 6.07 Å². The number of rotatable bonds is 3. The highest BCUT2D eigenvalue weighted by atomic mass is 16.3. The minimum Gasteiger partial charge on any atom is -0.441 e. The number of piperazine rings is 1. The quantitative estimate of drug-likeness (QED) is 0.748. The van der Waals surface area contributed by atoms with Gasteiger partial charge in [-0.2, -0.15) is 0 Å². The molecule has 1 aromatic carbocycles. The van der Waals surface area contributed by atoms with E-state index in [2.05, 4.69) is 30.7 Å². The van der Waals surface area contributed by atoms with Gasteiger partial charge in [-0.1, -0.05) is 0 Å². The van der Waals surface area contributed by atoms with Gasteiger partial charge in [0.15, 0.2) is 23.0 Å². The van der Waals surface area contributed by atoms with Crippen LogP contribution in [0.2, 0.25) is 0 Å². The number of aromatic nitrogens is 3. The first-order valence-electron chi connectivity index (χ1n) is 8.17. The summed E-state index contributed by atoms with van der Waals surface area (Å²) in [5.41, 5.74) is 2.31. The summed E-state index contributed by atoms with van der Waals surface area (Å²) < 4.78 is 5.43. The number of carbonyl (C=O) groups excluding carboxylic acids is 1. The zero-order valence-corrected chi connectivity index (χ0v) is 13.8. The Morgan fingerprint density at radius 3 is 2.80 bits per heavy atom. The molecular formula is C17H18N6O2. The third-order valence-electron chi connectivity index (χ3n) is 4.08. The van der Waals surface area contributed by atoms with Crippen molar-refractivity contribution in [2.24, 2.45) is 0 Å². The highest BCUT2D eigenvalue weighted by molar-refractivity contribution is 6.03. The van der Waals surface area contributed by atoms with E-state index in [0.29, 0.717) is 22.7 Å². The normalized spacial score (nSPS) is 14.7. The summed E-state index contributed by atoms with van der Waals surface area (Å²) >= 11 is 0. The topological polar surface area (TPSA) is 96.2 Å². The smallest absolute Gasteiger partial charge is 0.276 e. The van der Waals surface area contributed by atoms with Crippen molar-refractivity contribution in [3.05, 3.63) is 41.9 Å². The molecule has 0 bridgehead atoms. The lowest BCUT2D eigenvalue weighted by Gasteiger charge is -2.27. The summed E-state index contributed by atoms with van der Waals surface area (Å²) in [5, 5.41) is 14.3. The van der Waals surface area contributed by atoms with Gasteiger partial charge < -0.3 is 20.0 Å². The number of hydrogen-bond acceptors (Lipinski definition) is 7. The summed E-state index contributed by atoms with van der Waals surface area (Å²) in [4.78, 5) is 18.8. The van der Waals surface area contributed by atoms with Crippen LogP contribution in [0, 0.1) is 6.92 Å². The lowest BCUT2D eigenvalue weighted by molar-refractivity contribution is 0.102. The summed E-state index contributed by atoms with van der Waals surface area (Å²) in [5.74, 6) is 1.07. The Morgan fingerprint density at radius 2 is 2.04 bits per heavy atom. The second-order valence-corrected chi connectivity index (χ2v) is 5.88. The maximum Gasteiger partial charge on any atom is 0.276 e. The molecule has 1 aliphatic heterocycles. The van der Waals surface area contributed by atoms with Crippen LogP contribution in [0.15, 0.2) is 34.7 Å². The molecule has 2 aromatic heterocycles. The van der Waals surface area contributed by atoms with Gasteiger partial charge in [0.2, 0.25) is 0 Å². The fraction of sp³-hybridized carbons (Fsp3) is 0.294. The maximum atomic E-state index is 12.4. The zero-order chi connectivity index (χ0) is 17.2. The molecule has 25 heavy (non-hydrogen) atoms. The fourth-order valence-electron chi connectivity index (χ4n) is 2.82. The predicted molar refractivity (Wildman–Crippen MR) is 93.8 cm³/mol. The molecule has 0 aliphatic carbocycles. The molecule has 0 unspecified atom stereocenters. The molecule has 0 spiro atoms. The van der Waals surface area contributed by atoms with Gasteiger partial charge in [0.1, 0.15) is 5.52 Å². The third-order valence-corrected chi connectivity index (χ3v) is 4.08. The van der Waals surface area contributed by atoms with Gasteiger partial charge in [0, 0.05) is 38.8 Å². The van der Waals surface area contributed by atoms with Crippen LogP contribution in [0.25, 0.3) is 11.1 Å². The number of nitrogens with one attached hydrogen (secondary N) is 2. The van der Waals surface area contributed by atoms with E-state index in [1.54, 1.807) is 31.2 Å². The largest absolute Gasteiger partial charge is 0.441 e. The van der Waals surface area contributed by atoms with Crippen molar-refractivity contribution < 1.29 is 9.21 Å². The minimum atomic E-state index is -0.307. The summed E-state index contributed by atoms with van der Waals surface area (Å²) in [6.45, 7) is 5.41. The number of oxazole rings is 1. The molecule has 1 amide bonds. The molecule has 3 heterocycles. The number of carbonyl (C=O) groups is 1. The zero-order valence-electron chi connectivity index (χ0n) is 13.8. The van der Waals surface area contributed by atoms with Crippen LogP contribution < -0.4 is 15.5 Å². The number of aryl methyl sites for hydroxylation is 1. The Bertz CT molecular complexity index is 899. The molecular weight excluding hydrogens is 320 g/mol. The van der Waals surface area contributed by atoms with Crippen molar-refractivity contribution in [3.8, 4) is 0 Å². The lowest BCUT2D eigenvalue weighted by Crippen LogP contribution is -2.44. The molecule has 0 saturated carbocycles. The van der Waals surface area contributed by atoms with E-state index in [9.17, 15) is 4.79 Å². The lowest BCUT2D eigenvalue weighted by atomic mass is 10.2. The van der Waals surface area contributed by atoms with Gasteiger partial charge in [-0.15, -0.1) is 10.2 Å². The second-order valence-electron chi connectivity index (χ2n) is 5.88. The Hall–Kier alpha value is -3.00. The molecule has 8 heteroatoms. The first kappa shape index (κ1) is 15.5. The van der Waals surface area contributed by atoms with Gasteiger partial charge >= 0.3 is 0 Å². The van der Waals surface area contributed by atoms with Crippen LogP contribution in [0.4, 0.5) is 11.5 Å². The van der Waals surface area contributed by atoms with Gasteiger partial charge in [-0.25, -0.2) is 4.98 Å². The Balaban J connectivity index is 1.47. The number of nitrogens with zero attached hydrogens (tertiary/aromatic N) is 4. The van der Waals surface area contributed by atoms with Crippen molar-refractivity contribution in [1.29, 1.82) is 0 Å². The van der Waals surface area contributed by atoms with Crippen LogP contribution in [0.1, 0.15) is 16.4 Å². The first-order valence-corrected chi connectivity index (χ1v) is 8.17. The minimum absolute atomic E-state index is 0.273. The number of fused-ring (bicyclic) bond motifs is 1. The first-order chi connectivity index (χ1) is 12.2. The molecule has 4 rings (SSSR count). The summed E-state index contributed by atoms with van der Waals surface area (Å²) in [6.07, 6.45) is 0. The van der Waals surface area contributed by atoms with Crippen molar-refractivity contribution >= 4 is 28.5 Å². The highest BCUT2D eigenvalue weighted by Crippen LogP contribution is 2.20. The van der Waals surface area contributed by atoms with Gasteiger partial charge in [0.25, 0.3) is 5.91 Å². The van der Waals surface area contributed by atoms with Crippen molar-refractivity contribution in [3.63, 3.8) is 0 Å². The van der Waals surface area contributed by atoms with E-state index in [-0.39, 0.29) is 11.6 Å². The molecule has 0 atom stereocenters. The van der Waals surface area contributed by atoms with E-state index < -0.39 is 0 Å². The van der Waals surface area contributed by atoms with Crippen LogP contribution in [-0.4, -0.2) is 47.3 Å². The summed E-state index contributed by atoms with van der Waals surface area (Å²) in [6, 6.07) is 8.85. The predicted octanol–water partition coefficient (Wildman–Crippen LogP) is 1.59. The Morgan fingerprint density at radius 1 is 1.20 bits per heavy atom. The molecule has 1 aliphatic rings. The van der Waals surface area contributed by atoms with E-state index in [1.165, 1.54) is 0 Å². The van der Waals surface area contributed by atoms with Crippen molar-refractivity contribution in [2.75, 3.05) is 36.4 Å². The molecule has 0 radical (unpaired) electrons. The monoisotopic (exact) mass is 338 g/mol. The van der Waals surface area contributed by atoms with Crippen LogP contribution in [-0.2, 0) is 0 Å². The SMILES string of the molecule is Cc1nc2cc(NC(=O)c3ccc(N4CCNCC4)nn3)ccc2o1. The molecule has 1 fully saturated rings. The fourth-order valence-corrected chi connectivity index (χ4v) is 2.82. The second kappa shape index (κ2) is 6.48. The number of anilines is 2. The number of benzene rings is 1. The number of hydrogen-bond donors (Lipinski definition) is 2. The molecule has 8 nitrogen and oxygen atoms in total. The van der Waals surface area contributed by atoms with Crippen LogP contribution in [0.5, 0.6) is 0 Å². The molecule has 2 N–H and O–H groups in total. The van der Waals surface area contributed by atoms with Crippen molar-refractivity contribution in [2.45, 2.75) is 6.92 Å². The third kappa shape index (κ3) is 3.29.